The lowest BCUT2D eigenvalue weighted by atomic mass is 10.2. The SMILES string of the molecule is CCCNCc1cc(S(=O)(=O)NC(C)C)ccc1OCC. The average molecular weight is 314 g/mol. The van der Waals surface area contributed by atoms with Crippen LogP contribution in [0, 0.1) is 0 Å². The number of hydrogen-bond donors (Lipinski definition) is 2. The summed E-state index contributed by atoms with van der Waals surface area (Å²) in [6.07, 6.45) is 1.02. The van der Waals surface area contributed by atoms with E-state index >= 15 is 0 Å². The highest BCUT2D eigenvalue weighted by molar-refractivity contribution is 7.89. The molecule has 0 unspecified atom stereocenters. The highest BCUT2D eigenvalue weighted by Crippen LogP contribution is 2.23. The van der Waals surface area contributed by atoms with Crippen molar-refractivity contribution >= 4 is 10.0 Å². The highest BCUT2D eigenvalue weighted by Gasteiger charge is 2.17. The van der Waals surface area contributed by atoms with Gasteiger partial charge in [-0.15, -0.1) is 0 Å². The largest absolute Gasteiger partial charge is 0.494 e. The molecule has 21 heavy (non-hydrogen) atoms. The van der Waals surface area contributed by atoms with Crippen LogP contribution in [0.4, 0.5) is 0 Å². The van der Waals surface area contributed by atoms with Crippen LogP contribution in [0.1, 0.15) is 39.7 Å². The Bertz CT molecular complexity index is 542. The van der Waals surface area contributed by atoms with E-state index in [0.29, 0.717) is 13.2 Å². The Labute approximate surface area is 128 Å². The van der Waals surface area contributed by atoms with Crippen LogP contribution in [0.2, 0.25) is 0 Å². The fourth-order valence-corrected chi connectivity index (χ4v) is 3.24. The minimum atomic E-state index is -3.48. The van der Waals surface area contributed by atoms with Crippen molar-refractivity contribution in [2.75, 3.05) is 13.2 Å². The van der Waals surface area contributed by atoms with Crippen LogP contribution >= 0.6 is 0 Å². The van der Waals surface area contributed by atoms with Gasteiger partial charge in [-0.1, -0.05) is 6.92 Å². The first-order chi connectivity index (χ1) is 9.90. The van der Waals surface area contributed by atoms with Crippen molar-refractivity contribution in [1.29, 1.82) is 0 Å². The molecule has 0 aliphatic carbocycles. The molecular formula is C15H26N2O3S. The first kappa shape index (κ1) is 17.9. The molecule has 0 aromatic heterocycles. The third kappa shape index (κ3) is 5.65. The van der Waals surface area contributed by atoms with Gasteiger partial charge in [-0.2, -0.15) is 0 Å². The van der Waals surface area contributed by atoms with Gasteiger partial charge in [-0.25, -0.2) is 13.1 Å². The summed E-state index contributed by atoms with van der Waals surface area (Å²) in [7, 11) is -3.48. The minimum absolute atomic E-state index is 0.136. The minimum Gasteiger partial charge on any atom is -0.494 e. The van der Waals surface area contributed by atoms with Gasteiger partial charge in [-0.3, -0.25) is 0 Å². The summed E-state index contributed by atoms with van der Waals surface area (Å²) in [5.74, 6) is 0.726. The topological polar surface area (TPSA) is 67.4 Å². The number of nitrogens with one attached hydrogen (secondary N) is 2. The van der Waals surface area contributed by atoms with Crippen molar-refractivity contribution in [2.45, 2.75) is 51.6 Å². The predicted octanol–water partition coefficient (Wildman–Crippen LogP) is 2.27. The van der Waals surface area contributed by atoms with Crippen molar-refractivity contribution < 1.29 is 13.2 Å². The van der Waals surface area contributed by atoms with Crippen molar-refractivity contribution in [2.24, 2.45) is 0 Å². The first-order valence-electron chi connectivity index (χ1n) is 7.39. The predicted molar refractivity (Wildman–Crippen MR) is 85.1 cm³/mol. The summed E-state index contributed by atoms with van der Waals surface area (Å²) >= 11 is 0. The van der Waals surface area contributed by atoms with Gasteiger partial charge in [0.25, 0.3) is 0 Å². The molecule has 0 bridgehead atoms. The number of sulfonamides is 1. The lowest BCUT2D eigenvalue weighted by Gasteiger charge is -2.14. The Morgan fingerprint density at radius 1 is 1.24 bits per heavy atom. The van der Waals surface area contributed by atoms with Gasteiger partial charge in [0.1, 0.15) is 5.75 Å². The second-order valence-electron chi connectivity index (χ2n) is 5.16. The van der Waals surface area contributed by atoms with E-state index in [1.54, 1.807) is 32.0 Å². The molecule has 5 nitrogen and oxygen atoms in total. The van der Waals surface area contributed by atoms with E-state index in [1.807, 2.05) is 6.92 Å². The molecule has 0 saturated carbocycles. The second-order valence-corrected chi connectivity index (χ2v) is 6.87. The molecule has 1 rings (SSSR count). The van der Waals surface area contributed by atoms with Crippen LogP contribution < -0.4 is 14.8 Å². The molecular weight excluding hydrogens is 288 g/mol. The monoisotopic (exact) mass is 314 g/mol. The van der Waals surface area contributed by atoms with Gasteiger partial charge >= 0.3 is 0 Å². The standard InChI is InChI=1S/C15H26N2O3S/c1-5-9-16-11-13-10-14(7-8-15(13)20-6-2)21(18,19)17-12(3)4/h7-8,10,12,16-17H,5-6,9,11H2,1-4H3. The molecule has 0 heterocycles. The van der Waals surface area contributed by atoms with Crippen molar-refractivity contribution in [1.82, 2.24) is 10.0 Å². The van der Waals surface area contributed by atoms with Crippen molar-refractivity contribution in [3.63, 3.8) is 0 Å². The maximum Gasteiger partial charge on any atom is 0.240 e. The van der Waals surface area contributed by atoms with Gasteiger partial charge in [-0.05, 0) is 51.9 Å². The summed E-state index contributed by atoms with van der Waals surface area (Å²) < 4.78 is 32.6. The van der Waals surface area contributed by atoms with E-state index in [0.717, 1.165) is 24.3 Å². The molecule has 0 atom stereocenters. The fourth-order valence-electron chi connectivity index (χ4n) is 1.94. The third-order valence-corrected chi connectivity index (χ3v) is 4.43. The Kier molecular flexibility index (Phi) is 7.14. The van der Waals surface area contributed by atoms with Crippen molar-refractivity contribution in [3.8, 4) is 5.75 Å². The van der Waals surface area contributed by atoms with Crippen LogP contribution in [-0.4, -0.2) is 27.6 Å². The molecule has 0 aliphatic rings. The number of benzene rings is 1. The summed E-state index contributed by atoms with van der Waals surface area (Å²) in [6, 6.07) is 4.85. The summed E-state index contributed by atoms with van der Waals surface area (Å²) in [5.41, 5.74) is 0.858. The molecule has 6 heteroatoms. The Morgan fingerprint density at radius 3 is 2.52 bits per heavy atom. The van der Waals surface area contributed by atoms with Gasteiger partial charge in [0.2, 0.25) is 10.0 Å². The zero-order valence-corrected chi connectivity index (χ0v) is 14.1. The summed E-state index contributed by atoms with van der Waals surface area (Å²) in [5, 5.41) is 3.27. The van der Waals surface area contributed by atoms with Crippen LogP contribution in [-0.2, 0) is 16.6 Å². The van der Waals surface area contributed by atoms with Crippen LogP contribution in [0.25, 0.3) is 0 Å². The highest BCUT2D eigenvalue weighted by atomic mass is 32.2. The molecule has 0 aliphatic heterocycles. The average Bonchev–Trinajstić information content (AvgIpc) is 2.39. The molecule has 120 valence electrons. The lowest BCUT2D eigenvalue weighted by Crippen LogP contribution is -2.30. The second kappa shape index (κ2) is 8.36. The molecule has 1 aromatic rings. The van der Waals surface area contributed by atoms with E-state index in [2.05, 4.69) is 17.0 Å². The number of rotatable bonds is 9. The Hall–Kier alpha value is -1.11. The van der Waals surface area contributed by atoms with Gasteiger partial charge in [0, 0.05) is 18.2 Å². The van der Waals surface area contributed by atoms with E-state index in [1.165, 1.54) is 0 Å². The zero-order chi connectivity index (χ0) is 15.9. The van der Waals surface area contributed by atoms with Gasteiger partial charge < -0.3 is 10.1 Å². The molecule has 0 amide bonds. The normalized spacial score (nSPS) is 11.9. The maximum absolute atomic E-state index is 12.2. The van der Waals surface area contributed by atoms with E-state index < -0.39 is 10.0 Å². The van der Waals surface area contributed by atoms with E-state index in [4.69, 9.17) is 4.74 Å². The smallest absolute Gasteiger partial charge is 0.240 e. The number of hydrogen-bond acceptors (Lipinski definition) is 4. The Morgan fingerprint density at radius 2 is 1.95 bits per heavy atom. The quantitative estimate of drug-likeness (QED) is 0.686. The zero-order valence-electron chi connectivity index (χ0n) is 13.3. The summed E-state index contributed by atoms with van der Waals surface area (Å²) in [4.78, 5) is 0.271. The van der Waals surface area contributed by atoms with Crippen LogP contribution in [0.3, 0.4) is 0 Å². The third-order valence-electron chi connectivity index (χ3n) is 2.78. The molecule has 0 fully saturated rings. The van der Waals surface area contributed by atoms with E-state index in [9.17, 15) is 8.42 Å². The maximum atomic E-state index is 12.2. The molecule has 0 saturated heterocycles. The van der Waals surface area contributed by atoms with Crippen LogP contribution in [0.5, 0.6) is 5.75 Å². The lowest BCUT2D eigenvalue weighted by molar-refractivity contribution is 0.335. The molecule has 0 spiro atoms. The van der Waals surface area contributed by atoms with Crippen LogP contribution in [0.15, 0.2) is 23.1 Å². The van der Waals surface area contributed by atoms with E-state index in [-0.39, 0.29) is 10.9 Å². The first-order valence-corrected chi connectivity index (χ1v) is 8.87. The van der Waals surface area contributed by atoms with Gasteiger partial charge in [0.15, 0.2) is 0 Å². The molecule has 1 aromatic carbocycles. The molecule has 0 radical (unpaired) electrons. The summed E-state index contributed by atoms with van der Waals surface area (Å²) in [6.45, 7) is 9.63. The molecule has 2 N–H and O–H groups in total. The number of ether oxygens (including phenoxy) is 1. The van der Waals surface area contributed by atoms with Gasteiger partial charge in [0.05, 0.1) is 11.5 Å². The Balaban J connectivity index is 3.05. The van der Waals surface area contributed by atoms with Crippen molar-refractivity contribution in [3.05, 3.63) is 23.8 Å². The fraction of sp³-hybridized carbons (Fsp3) is 0.600.